The lowest BCUT2D eigenvalue weighted by Crippen LogP contribution is -2.44. The van der Waals surface area contributed by atoms with Gasteiger partial charge in [0.2, 0.25) is 5.88 Å². The van der Waals surface area contributed by atoms with Gasteiger partial charge in [-0.05, 0) is 25.1 Å². The van der Waals surface area contributed by atoms with Crippen molar-refractivity contribution in [1.82, 2.24) is 4.98 Å². The zero-order chi connectivity index (χ0) is 18.2. The molecule has 0 saturated carbocycles. The fraction of sp³-hybridized carbons (Fsp3) is 0.250. The predicted octanol–water partition coefficient (Wildman–Crippen LogP) is 2.88. The van der Waals surface area contributed by atoms with Crippen molar-refractivity contribution in [2.75, 3.05) is 10.6 Å². The number of hydrogen-bond acceptors (Lipinski definition) is 5. The zero-order valence-corrected chi connectivity index (χ0v) is 13.1. The van der Waals surface area contributed by atoms with Crippen LogP contribution in [0.4, 0.5) is 24.5 Å². The molecule has 132 valence electrons. The molecular weight excluding hydrogens is 339 g/mol. The smallest absolute Gasteiger partial charge is 0.479 e. The van der Waals surface area contributed by atoms with E-state index in [2.05, 4.69) is 9.72 Å². The van der Waals surface area contributed by atoms with Crippen molar-refractivity contribution in [1.29, 1.82) is 0 Å². The highest BCUT2D eigenvalue weighted by Gasteiger charge is 2.33. The summed E-state index contributed by atoms with van der Waals surface area (Å²) in [5, 5.41) is 0. The van der Waals surface area contributed by atoms with E-state index >= 15 is 0 Å². The second-order valence-electron chi connectivity index (χ2n) is 5.43. The summed E-state index contributed by atoms with van der Waals surface area (Å²) in [4.78, 5) is 17.6. The number of anilines is 2. The molecule has 3 rings (SSSR count). The van der Waals surface area contributed by atoms with Crippen LogP contribution >= 0.6 is 0 Å². The van der Waals surface area contributed by atoms with Crippen molar-refractivity contribution in [3.63, 3.8) is 0 Å². The third kappa shape index (κ3) is 3.76. The molecule has 0 fully saturated rings. The van der Waals surface area contributed by atoms with Crippen LogP contribution in [-0.4, -0.2) is 23.4 Å². The fourth-order valence-electron chi connectivity index (χ4n) is 2.47. The van der Waals surface area contributed by atoms with Gasteiger partial charge in [-0.1, -0.05) is 6.07 Å². The summed E-state index contributed by atoms with van der Waals surface area (Å²) >= 11 is 0. The number of carbonyl (C=O) groups excluding carboxylic acids is 1. The lowest BCUT2D eigenvalue weighted by Gasteiger charge is -2.33. The highest BCUT2D eigenvalue weighted by atomic mass is 19.4. The van der Waals surface area contributed by atoms with Crippen LogP contribution in [0.2, 0.25) is 0 Å². The van der Waals surface area contributed by atoms with Gasteiger partial charge in [0.05, 0.1) is 17.9 Å². The summed E-state index contributed by atoms with van der Waals surface area (Å²) in [6, 6.07) is 8.78. The van der Waals surface area contributed by atoms with Crippen LogP contribution < -0.4 is 20.1 Å². The van der Waals surface area contributed by atoms with Crippen molar-refractivity contribution in [2.45, 2.75) is 25.9 Å². The van der Waals surface area contributed by atoms with Gasteiger partial charge in [0.25, 0.3) is 5.91 Å². The van der Waals surface area contributed by atoms with Gasteiger partial charge in [-0.25, -0.2) is 4.98 Å². The van der Waals surface area contributed by atoms with Crippen molar-refractivity contribution in [2.24, 2.45) is 0 Å². The maximum atomic E-state index is 12.4. The molecule has 0 radical (unpaired) electrons. The summed E-state index contributed by atoms with van der Waals surface area (Å²) in [5.41, 5.74) is 6.91. The molecule has 1 aliphatic heterocycles. The van der Waals surface area contributed by atoms with E-state index in [1.807, 2.05) is 0 Å². The Labute approximate surface area is 141 Å². The largest absolute Gasteiger partial charge is 0.574 e. The summed E-state index contributed by atoms with van der Waals surface area (Å²) in [6.07, 6.45) is -5.58. The van der Waals surface area contributed by atoms with Crippen LogP contribution in [0.5, 0.6) is 11.6 Å². The van der Waals surface area contributed by atoms with Gasteiger partial charge >= 0.3 is 6.36 Å². The average molecular weight is 353 g/mol. The quantitative estimate of drug-likeness (QED) is 0.859. The normalized spacial score (nSPS) is 17.0. The van der Waals surface area contributed by atoms with E-state index in [0.717, 1.165) is 6.07 Å². The Kier molecular flexibility index (Phi) is 4.15. The second kappa shape index (κ2) is 6.15. The lowest BCUT2D eigenvalue weighted by molar-refractivity contribution is -0.276. The minimum absolute atomic E-state index is 0.0293. The molecule has 1 atom stereocenters. The summed E-state index contributed by atoms with van der Waals surface area (Å²) in [6.45, 7) is 1.55. The van der Waals surface area contributed by atoms with E-state index in [-0.39, 0.29) is 18.1 Å². The van der Waals surface area contributed by atoms with E-state index < -0.39 is 18.3 Å². The number of benzene rings is 1. The van der Waals surface area contributed by atoms with Crippen LogP contribution in [0.25, 0.3) is 0 Å². The lowest BCUT2D eigenvalue weighted by atomic mass is 10.1. The molecule has 0 aliphatic carbocycles. The van der Waals surface area contributed by atoms with Crippen molar-refractivity contribution in [3.8, 4) is 11.6 Å². The van der Waals surface area contributed by atoms with Gasteiger partial charge in [0, 0.05) is 17.8 Å². The Bertz CT molecular complexity index is 811. The Hall–Kier alpha value is -2.97. The molecule has 1 aromatic carbocycles. The Morgan fingerprint density at radius 2 is 2.08 bits per heavy atom. The number of nitrogens with two attached hydrogens (primary N) is 1. The number of hydrogen-bond donors (Lipinski definition) is 1. The molecule has 0 spiro atoms. The molecule has 0 saturated heterocycles. The van der Waals surface area contributed by atoms with Crippen LogP contribution in [0.3, 0.4) is 0 Å². The van der Waals surface area contributed by atoms with E-state index in [4.69, 9.17) is 10.5 Å². The number of aromatic nitrogens is 1. The molecule has 1 aliphatic rings. The topological polar surface area (TPSA) is 77.7 Å². The van der Waals surface area contributed by atoms with Crippen molar-refractivity contribution in [3.05, 3.63) is 42.1 Å². The number of halogens is 3. The molecule has 0 bridgehead atoms. The van der Waals surface area contributed by atoms with Crippen molar-refractivity contribution < 1.29 is 27.4 Å². The number of amides is 1. The maximum Gasteiger partial charge on any atom is 0.574 e. The first-order valence-electron chi connectivity index (χ1n) is 7.32. The monoisotopic (exact) mass is 353 g/mol. The van der Waals surface area contributed by atoms with E-state index in [9.17, 15) is 18.0 Å². The third-order valence-electron chi connectivity index (χ3n) is 3.51. The Morgan fingerprint density at radius 3 is 2.80 bits per heavy atom. The average Bonchev–Trinajstić information content (AvgIpc) is 2.50. The number of rotatable bonds is 3. The molecule has 0 unspecified atom stereocenters. The molecule has 2 N–H and O–H groups in total. The summed E-state index contributed by atoms with van der Waals surface area (Å²) < 4.78 is 46.3. The van der Waals surface area contributed by atoms with Crippen LogP contribution in [0.15, 0.2) is 36.4 Å². The molecule has 9 heteroatoms. The van der Waals surface area contributed by atoms with Crippen LogP contribution in [0.1, 0.15) is 12.6 Å². The van der Waals surface area contributed by atoms with E-state index in [1.54, 1.807) is 25.1 Å². The molecule has 25 heavy (non-hydrogen) atoms. The fourth-order valence-corrected chi connectivity index (χ4v) is 2.47. The van der Waals surface area contributed by atoms with Gasteiger partial charge in [0.15, 0.2) is 6.10 Å². The molecule has 6 nitrogen and oxygen atoms in total. The predicted molar refractivity (Wildman–Crippen MR) is 83.1 cm³/mol. The maximum absolute atomic E-state index is 12.4. The summed E-state index contributed by atoms with van der Waals surface area (Å²) in [7, 11) is 0. The second-order valence-corrected chi connectivity index (χ2v) is 5.43. The molecule has 2 heterocycles. The molecule has 2 aromatic rings. The van der Waals surface area contributed by atoms with Gasteiger partial charge in [-0.15, -0.1) is 13.2 Å². The molecule has 1 amide bonds. The van der Waals surface area contributed by atoms with Crippen molar-refractivity contribution >= 4 is 17.3 Å². The van der Waals surface area contributed by atoms with Crippen LogP contribution in [0, 0.1) is 0 Å². The number of alkyl halides is 3. The minimum atomic E-state index is -4.83. The summed E-state index contributed by atoms with van der Waals surface area (Å²) in [5.74, 6) is -0.493. The van der Waals surface area contributed by atoms with E-state index in [1.165, 1.54) is 17.0 Å². The van der Waals surface area contributed by atoms with Gasteiger partial charge < -0.3 is 15.2 Å². The number of pyridine rings is 1. The highest BCUT2D eigenvalue weighted by molar-refractivity contribution is 5.99. The number of fused-ring (bicyclic) bond motifs is 1. The highest BCUT2D eigenvalue weighted by Crippen LogP contribution is 2.36. The van der Waals surface area contributed by atoms with Gasteiger partial charge in [-0.3, -0.25) is 9.69 Å². The van der Waals surface area contributed by atoms with Crippen LogP contribution in [-0.2, 0) is 11.3 Å². The Morgan fingerprint density at radius 1 is 1.32 bits per heavy atom. The van der Waals surface area contributed by atoms with Gasteiger partial charge in [0.1, 0.15) is 5.75 Å². The van der Waals surface area contributed by atoms with E-state index in [0.29, 0.717) is 17.1 Å². The zero-order valence-electron chi connectivity index (χ0n) is 13.1. The molecule has 1 aromatic heterocycles. The first-order valence-corrected chi connectivity index (χ1v) is 7.32. The SMILES string of the molecule is C[C@H]1Oc2cc(N)ccc2N(Cc2cccc(OC(F)(F)F)n2)C1=O. The minimum Gasteiger partial charge on any atom is -0.479 e. The first kappa shape index (κ1) is 16.9. The number of nitrogen functional groups attached to an aromatic ring is 1. The number of carbonyl (C=O) groups is 1. The number of nitrogens with zero attached hydrogens (tertiary/aromatic N) is 2. The first-order chi connectivity index (χ1) is 11.7. The Balaban J connectivity index is 1.90. The standard InChI is InChI=1S/C16H14F3N3O3/c1-9-15(23)22(12-6-5-10(20)7-13(12)24-9)8-11-3-2-4-14(21-11)25-16(17,18)19/h2-7,9H,8,20H2,1H3/t9-/m1/s1. The molecular formula is C16H14F3N3O3. The number of ether oxygens (including phenoxy) is 2. The third-order valence-corrected chi connectivity index (χ3v) is 3.51. The van der Waals surface area contributed by atoms with Gasteiger partial charge in [-0.2, -0.15) is 0 Å².